The van der Waals surface area contributed by atoms with E-state index in [0.717, 1.165) is 15.7 Å². The van der Waals surface area contributed by atoms with Crippen molar-refractivity contribution in [2.45, 2.75) is 19.8 Å². The van der Waals surface area contributed by atoms with Crippen LogP contribution in [0.4, 0.5) is 5.82 Å². The minimum absolute atomic E-state index is 0.228. The zero-order chi connectivity index (χ0) is 14.9. The summed E-state index contributed by atoms with van der Waals surface area (Å²) in [6.07, 6.45) is 0. The van der Waals surface area contributed by atoms with Crippen LogP contribution in [0.25, 0.3) is 11.4 Å². The molecule has 2 rings (SSSR count). The van der Waals surface area contributed by atoms with E-state index in [4.69, 9.17) is 22.1 Å². The van der Waals surface area contributed by atoms with E-state index in [2.05, 4.69) is 39.7 Å². The highest BCUT2D eigenvalue weighted by Gasteiger charge is 2.16. The number of methoxy groups -OCH3 is 1. The zero-order valence-corrected chi connectivity index (χ0v) is 13.8. The van der Waals surface area contributed by atoms with Crippen molar-refractivity contribution < 1.29 is 4.74 Å². The molecule has 1 heterocycles. The van der Waals surface area contributed by atoms with E-state index < -0.39 is 0 Å². The third-order valence-corrected chi connectivity index (χ3v) is 3.90. The number of benzene rings is 1. The molecule has 0 aliphatic carbocycles. The summed E-state index contributed by atoms with van der Waals surface area (Å²) in [6.45, 7) is 4.10. The summed E-state index contributed by atoms with van der Waals surface area (Å²) < 4.78 is 6.07. The Morgan fingerprint density at radius 2 is 2.00 bits per heavy atom. The van der Waals surface area contributed by atoms with Crippen molar-refractivity contribution in [3.63, 3.8) is 0 Å². The highest BCUT2D eigenvalue weighted by molar-refractivity contribution is 9.10. The van der Waals surface area contributed by atoms with Gasteiger partial charge in [0.05, 0.1) is 22.8 Å². The van der Waals surface area contributed by atoms with Crippen LogP contribution < -0.4 is 10.5 Å². The van der Waals surface area contributed by atoms with Gasteiger partial charge in [-0.2, -0.15) is 0 Å². The smallest absolute Gasteiger partial charge is 0.165 e. The maximum absolute atomic E-state index is 5.97. The molecular weight excluding hydrogens is 342 g/mol. The molecule has 20 heavy (non-hydrogen) atoms. The van der Waals surface area contributed by atoms with Gasteiger partial charge in [-0.05, 0) is 40.0 Å². The average molecular weight is 357 g/mol. The number of ether oxygens (including phenoxy) is 1. The Balaban J connectivity index is 2.64. The topological polar surface area (TPSA) is 61.0 Å². The highest BCUT2D eigenvalue weighted by atomic mass is 79.9. The number of hydrogen-bond acceptors (Lipinski definition) is 4. The van der Waals surface area contributed by atoms with Gasteiger partial charge in [0.15, 0.2) is 5.82 Å². The molecule has 106 valence electrons. The molecule has 0 saturated heterocycles. The van der Waals surface area contributed by atoms with Gasteiger partial charge in [-0.25, -0.2) is 9.97 Å². The molecule has 2 aromatic rings. The van der Waals surface area contributed by atoms with Gasteiger partial charge in [-0.15, -0.1) is 0 Å². The van der Waals surface area contributed by atoms with Gasteiger partial charge in [0.2, 0.25) is 0 Å². The lowest BCUT2D eigenvalue weighted by Crippen LogP contribution is -2.04. The zero-order valence-electron chi connectivity index (χ0n) is 11.4. The minimum Gasteiger partial charge on any atom is -0.496 e. The van der Waals surface area contributed by atoms with E-state index in [1.807, 2.05) is 6.07 Å². The molecule has 0 aliphatic heterocycles. The number of anilines is 1. The van der Waals surface area contributed by atoms with Crippen LogP contribution in [-0.2, 0) is 0 Å². The van der Waals surface area contributed by atoms with Crippen molar-refractivity contribution in [3.8, 4) is 17.1 Å². The molecule has 0 aliphatic rings. The summed E-state index contributed by atoms with van der Waals surface area (Å²) in [7, 11) is 1.58. The first-order chi connectivity index (χ1) is 9.43. The Hall–Kier alpha value is -1.33. The number of nitrogen functional groups attached to an aromatic ring is 1. The first-order valence-corrected chi connectivity index (χ1v) is 7.28. The van der Waals surface area contributed by atoms with Crippen LogP contribution in [0.3, 0.4) is 0 Å². The minimum atomic E-state index is 0.228. The molecule has 0 amide bonds. The van der Waals surface area contributed by atoms with E-state index in [1.54, 1.807) is 19.2 Å². The fourth-order valence-electron chi connectivity index (χ4n) is 1.84. The molecule has 4 nitrogen and oxygen atoms in total. The van der Waals surface area contributed by atoms with Gasteiger partial charge in [0.1, 0.15) is 11.6 Å². The Morgan fingerprint density at radius 1 is 1.30 bits per heavy atom. The first-order valence-electron chi connectivity index (χ1n) is 6.10. The summed E-state index contributed by atoms with van der Waals surface area (Å²) in [5.41, 5.74) is 7.58. The standard InChI is InChI=1S/C14H15BrClN3O/c1-7(2)12-11(15)13(17)19-14(18-12)9-5-4-8(16)6-10(9)20-3/h4-7H,1-3H3,(H2,17,18,19). The van der Waals surface area contributed by atoms with Gasteiger partial charge in [-0.1, -0.05) is 25.4 Å². The van der Waals surface area contributed by atoms with Crippen LogP contribution in [0, 0.1) is 0 Å². The number of rotatable bonds is 3. The third-order valence-electron chi connectivity index (χ3n) is 2.85. The number of hydrogen-bond donors (Lipinski definition) is 1. The first kappa shape index (κ1) is 15.1. The average Bonchev–Trinajstić information content (AvgIpc) is 2.41. The molecule has 0 spiro atoms. The van der Waals surface area contributed by atoms with Crippen LogP contribution >= 0.6 is 27.5 Å². The van der Waals surface area contributed by atoms with Gasteiger partial charge in [-0.3, -0.25) is 0 Å². The van der Waals surface area contributed by atoms with Crippen LogP contribution in [0.15, 0.2) is 22.7 Å². The molecule has 0 atom stereocenters. The van der Waals surface area contributed by atoms with Crippen molar-refractivity contribution in [2.75, 3.05) is 12.8 Å². The summed E-state index contributed by atoms with van der Waals surface area (Å²) >= 11 is 9.40. The lowest BCUT2D eigenvalue weighted by atomic mass is 10.1. The summed E-state index contributed by atoms with van der Waals surface area (Å²) in [5.74, 6) is 1.79. The van der Waals surface area contributed by atoms with Gasteiger partial charge < -0.3 is 10.5 Å². The van der Waals surface area contributed by atoms with Gasteiger partial charge in [0.25, 0.3) is 0 Å². The van der Waals surface area contributed by atoms with Crippen LogP contribution in [-0.4, -0.2) is 17.1 Å². The van der Waals surface area contributed by atoms with Gasteiger partial charge in [0, 0.05) is 5.02 Å². The number of halogens is 2. The SMILES string of the molecule is COc1cc(Cl)ccc1-c1nc(N)c(Br)c(C(C)C)n1. The van der Waals surface area contributed by atoms with Crippen LogP contribution in [0.2, 0.25) is 5.02 Å². The molecule has 6 heteroatoms. The summed E-state index contributed by atoms with van der Waals surface area (Å²) in [6, 6.07) is 5.33. The molecule has 0 radical (unpaired) electrons. The van der Waals surface area contributed by atoms with Gasteiger partial charge >= 0.3 is 0 Å². The molecule has 0 saturated carbocycles. The van der Waals surface area contributed by atoms with Crippen LogP contribution in [0.5, 0.6) is 5.75 Å². The number of nitrogens with two attached hydrogens (primary N) is 1. The molecule has 0 bridgehead atoms. The van der Waals surface area contributed by atoms with Crippen molar-refractivity contribution in [1.29, 1.82) is 0 Å². The van der Waals surface area contributed by atoms with E-state index in [0.29, 0.717) is 22.4 Å². The summed E-state index contributed by atoms with van der Waals surface area (Å²) in [5, 5.41) is 0.597. The Bertz CT molecular complexity index is 647. The maximum atomic E-state index is 5.97. The fourth-order valence-corrected chi connectivity index (χ4v) is 2.63. The number of nitrogens with zero attached hydrogens (tertiary/aromatic N) is 2. The Kier molecular flexibility index (Phi) is 4.50. The molecule has 0 fully saturated rings. The Labute approximate surface area is 131 Å². The third kappa shape index (κ3) is 2.88. The second kappa shape index (κ2) is 5.97. The molecule has 1 aromatic heterocycles. The molecule has 2 N–H and O–H groups in total. The quantitative estimate of drug-likeness (QED) is 0.892. The second-order valence-electron chi connectivity index (χ2n) is 4.63. The summed E-state index contributed by atoms with van der Waals surface area (Å²) in [4.78, 5) is 8.90. The Morgan fingerprint density at radius 3 is 2.60 bits per heavy atom. The lowest BCUT2D eigenvalue weighted by Gasteiger charge is -2.13. The van der Waals surface area contributed by atoms with E-state index >= 15 is 0 Å². The second-order valence-corrected chi connectivity index (χ2v) is 5.86. The van der Waals surface area contributed by atoms with Crippen molar-refractivity contribution in [1.82, 2.24) is 9.97 Å². The van der Waals surface area contributed by atoms with Crippen molar-refractivity contribution >= 4 is 33.3 Å². The maximum Gasteiger partial charge on any atom is 0.165 e. The molecule has 0 unspecified atom stereocenters. The largest absolute Gasteiger partial charge is 0.496 e. The van der Waals surface area contributed by atoms with Crippen molar-refractivity contribution in [2.24, 2.45) is 0 Å². The highest BCUT2D eigenvalue weighted by Crippen LogP contribution is 2.34. The lowest BCUT2D eigenvalue weighted by molar-refractivity contribution is 0.416. The molecular formula is C14H15BrClN3O. The normalized spacial score (nSPS) is 10.9. The monoisotopic (exact) mass is 355 g/mol. The van der Waals surface area contributed by atoms with Crippen LogP contribution in [0.1, 0.15) is 25.5 Å². The fraction of sp³-hybridized carbons (Fsp3) is 0.286. The number of aromatic nitrogens is 2. The van der Waals surface area contributed by atoms with E-state index in [9.17, 15) is 0 Å². The molecule has 1 aromatic carbocycles. The predicted molar refractivity (Wildman–Crippen MR) is 85.2 cm³/mol. The van der Waals surface area contributed by atoms with E-state index in [1.165, 1.54) is 0 Å². The predicted octanol–water partition coefficient (Wildman–Crippen LogP) is 4.27. The van der Waals surface area contributed by atoms with Crippen molar-refractivity contribution in [3.05, 3.63) is 33.4 Å². The van der Waals surface area contributed by atoms with E-state index in [-0.39, 0.29) is 5.92 Å².